The number of nitriles is 1. The van der Waals surface area contributed by atoms with Crippen LogP contribution >= 0.6 is 15.9 Å². The molecule has 0 unspecified atom stereocenters. The van der Waals surface area contributed by atoms with Gasteiger partial charge in [-0.1, -0.05) is 28.1 Å². The Balaban J connectivity index is 1.68. The standard InChI is InChI=1S/C20H14BrN3O/c21-16-5-2-4-15(12-16)20(25)24-18-9-7-17(8-10-18)23-19-6-1-3-14(11-19)13-22/h1-12,23H,(H,24,25). The normalized spacial score (nSPS) is 9.92. The maximum atomic E-state index is 12.2. The maximum absolute atomic E-state index is 12.2. The molecule has 4 nitrogen and oxygen atoms in total. The quantitative estimate of drug-likeness (QED) is 0.632. The van der Waals surface area contributed by atoms with Crippen LogP contribution in [0.25, 0.3) is 0 Å². The molecule has 0 aliphatic heterocycles. The van der Waals surface area contributed by atoms with Gasteiger partial charge in [0.2, 0.25) is 0 Å². The molecule has 0 heterocycles. The molecular formula is C20H14BrN3O. The zero-order valence-corrected chi connectivity index (χ0v) is 14.7. The second-order valence-electron chi connectivity index (χ2n) is 5.36. The van der Waals surface area contributed by atoms with E-state index in [1.807, 2.05) is 48.5 Å². The first kappa shape index (κ1) is 16.7. The van der Waals surface area contributed by atoms with E-state index in [1.165, 1.54) is 0 Å². The van der Waals surface area contributed by atoms with Crippen LogP contribution < -0.4 is 10.6 Å². The number of carbonyl (C=O) groups is 1. The molecule has 5 heteroatoms. The summed E-state index contributed by atoms with van der Waals surface area (Å²) in [5.41, 5.74) is 3.61. The topological polar surface area (TPSA) is 64.9 Å². The van der Waals surface area contributed by atoms with Gasteiger partial charge >= 0.3 is 0 Å². The minimum absolute atomic E-state index is 0.163. The Hall–Kier alpha value is -3.10. The molecule has 0 saturated heterocycles. The largest absolute Gasteiger partial charge is 0.355 e. The molecule has 1 amide bonds. The van der Waals surface area contributed by atoms with E-state index in [4.69, 9.17) is 5.26 Å². The predicted molar refractivity (Wildman–Crippen MR) is 103 cm³/mol. The molecule has 0 spiro atoms. The number of anilines is 3. The zero-order valence-electron chi connectivity index (χ0n) is 13.2. The van der Waals surface area contributed by atoms with Gasteiger partial charge in [0.25, 0.3) is 5.91 Å². The molecule has 0 saturated carbocycles. The van der Waals surface area contributed by atoms with Crippen molar-refractivity contribution in [1.29, 1.82) is 5.26 Å². The van der Waals surface area contributed by atoms with Crippen molar-refractivity contribution in [2.24, 2.45) is 0 Å². The Labute approximate surface area is 154 Å². The fraction of sp³-hybridized carbons (Fsp3) is 0. The number of hydrogen-bond donors (Lipinski definition) is 2. The van der Waals surface area contributed by atoms with Gasteiger partial charge in [-0.2, -0.15) is 5.26 Å². The minimum Gasteiger partial charge on any atom is -0.355 e. The lowest BCUT2D eigenvalue weighted by Gasteiger charge is -2.09. The van der Waals surface area contributed by atoms with Gasteiger partial charge in [-0.05, 0) is 60.7 Å². The average molecular weight is 392 g/mol. The number of rotatable bonds is 4. The molecule has 0 bridgehead atoms. The average Bonchev–Trinajstić information content (AvgIpc) is 2.63. The molecule has 3 aromatic carbocycles. The second kappa shape index (κ2) is 7.65. The molecule has 3 aromatic rings. The van der Waals surface area contributed by atoms with Crippen molar-refractivity contribution in [1.82, 2.24) is 0 Å². The Morgan fingerprint density at radius 2 is 1.60 bits per heavy atom. The number of amides is 1. The monoisotopic (exact) mass is 391 g/mol. The van der Waals surface area contributed by atoms with Crippen LogP contribution in [0.15, 0.2) is 77.3 Å². The Morgan fingerprint density at radius 1 is 0.880 bits per heavy atom. The van der Waals surface area contributed by atoms with Gasteiger partial charge in [0.1, 0.15) is 0 Å². The van der Waals surface area contributed by atoms with Crippen molar-refractivity contribution >= 4 is 38.9 Å². The summed E-state index contributed by atoms with van der Waals surface area (Å²) in [4.78, 5) is 12.2. The van der Waals surface area contributed by atoms with Crippen LogP contribution in [0.5, 0.6) is 0 Å². The van der Waals surface area contributed by atoms with Crippen molar-refractivity contribution in [3.8, 4) is 6.07 Å². The number of carbonyl (C=O) groups excluding carboxylic acids is 1. The van der Waals surface area contributed by atoms with Gasteiger partial charge in [0.15, 0.2) is 0 Å². The van der Waals surface area contributed by atoms with Crippen molar-refractivity contribution in [2.45, 2.75) is 0 Å². The Bertz CT molecular complexity index is 946. The smallest absolute Gasteiger partial charge is 0.255 e. The summed E-state index contributed by atoms with van der Waals surface area (Å²) in [6.07, 6.45) is 0. The summed E-state index contributed by atoms with van der Waals surface area (Å²) >= 11 is 3.36. The second-order valence-corrected chi connectivity index (χ2v) is 6.28. The summed E-state index contributed by atoms with van der Waals surface area (Å²) in [6, 6.07) is 24.0. The van der Waals surface area contributed by atoms with Gasteiger partial charge in [-0.3, -0.25) is 4.79 Å². The van der Waals surface area contributed by atoms with Crippen molar-refractivity contribution in [3.63, 3.8) is 0 Å². The fourth-order valence-electron chi connectivity index (χ4n) is 2.30. The minimum atomic E-state index is -0.163. The van der Waals surface area contributed by atoms with E-state index in [2.05, 4.69) is 32.6 Å². The highest BCUT2D eigenvalue weighted by Crippen LogP contribution is 2.20. The lowest BCUT2D eigenvalue weighted by Crippen LogP contribution is -2.11. The SMILES string of the molecule is N#Cc1cccc(Nc2ccc(NC(=O)c3cccc(Br)c3)cc2)c1. The van der Waals surface area contributed by atoms with Gasteiger partial charge in [-0.25, -0.2) is 0 Å². The predicted octanol–water partition coefficient (Wildman–Crippen LogP) is 5.32. The van der Waals surface area contributed by atoms with E-state index in [0.717, 1.165) is 15.8 Å². The molecule has 0 aliphatic rings. The molecular weight excluding hydrogens is 378 g/mol. The molecule has 122 valence electrons. The van der Waals surface area contributed by atoms with Crippen LogP contribution in [-0.2, 0) is 0 Å². The van der Waals surface area contributed by atoms with E-state index in [9.17, 15) is 4.79 Å². The molecule has 3 rings (SSSR count). The lowest BCUT2D eigenvalue weighted by atomic mass is 10.2. The third-order valence-electron chi connectivity index (χ3n) is 3.51. The Kier molecular flexibility index (Phi) is 5.12. The van der Waals surface area contributed by atoms with Crippen molar-refractivity contribution in [2.75, 3.05) is 10.6 Å². The Morgan fingerprint density at radius 3 is 2.32 bits per heavy atom. The number of halogens is 1. The summed E-state index contributed by atoms with van der Waals surface area (Å²) < 4.78 is 0.860. The van der Waals surface area contributed by atoms with E-state index < -0.39 is 0 Å². The van der Waals surface area contributed by atoms with Gasteiger partial charge < -0.3 is 10.6 Å². The third-order valence-corrected chi connectivity index (χ3v) is 4.00. The maximum Gasteiger partial charge on any atom is 0.255 e. The van der Waals surface area contributed by atoms with Crippen molar-refractivity contribution in [3.05, 3.63) is 88.4 Å². The van der Waals surface area contributed by atoms with Crippen LogP contribution in [0.3, 0.4) is 0 Å². The molecule has 0 fully saturated rings. The third kappa shape index (κ3) is 4.46. The summed E-state index contributed by atoms with van der Waals surface area (Å²) in [6.45, 7) is 0. The first-order valence-corrected chi connectivity index (χ1v) is 8.37. The van der Waals surface area contributed by atoms with Crippen LogP contribution in [0.2, 0.25) is 0 Å². The van der Waals surface area contributed by atoms with Gasteiger partial charge in [-0.15, -0.1) is 0 Å². The number of nitrogens with one attached hydrogen (secondary N) is 2. The first-order chi connectivity index (χ1) is 12.1. The first-order valence-electron chi connectivity index (χ1n) is 7.58. The molecule has 2 N–H and O–H groups in total. The van der Waals surface area contributed by atoms with Crippen LogP contribution in [0, 0.1) is 11.3 Å². The molecule has 0 radical (unpaired) electrons. The number of hydrogen-bond acceptors (Lipinski definition) is 3. The molecule has 0 atom stereocenters. The van der Waals surface area contributed by atoms with E-state index in [0.29, 0.717) is 16.8 Å². The van der Waals surface area contributed by atoms with E-state index in [1.54, 1.807) is 24.3 Å². The molecule has 0 aromatic heterocycles. The van der Waals surface area contributed by atoms with Gasteiger partial charge in [0.05, 0.1) is 11.6 Å². The lowest BCUT2D eigenvalue weighted by molar-refractivity contribution is 0.102. The number of nitrogens with zero attached hydrogens (tertiary/aromatic N) is 1. The van der Waals surface area contributed by atoms with Crippen LogP contribution in [0.4, 0.5) is 17.1 Å². The van der Waals surface area contributed by atoms with E-state index >= 15 is 0 Å². The molecule has 25 heavy (non-hydrogen) atoms. The fourth-order valence-corrected chi connectivity index (χ4v) is 2.70. The highest BCUT2D eigenvalue weighted by atomic mass is 79.9. The summed E-state index contributed by atoms with van der Waals surface area (Å²) in [5, 5.41) is 15.0. The van der Waals surface area contributed by atoms with Crippen molar-refractivity contribution < 1.29 is 4.79 Å². The molecule has 0 aliphatic carbocycles. The summed E-state index contributed by atoms with van der Waals surface area (Å²) in [5.74, 6) is -0.163. The summed E-state index contributed by atoms with van der Waals surface area (Å²) in [7, 11) is 0. The van der Waals surface area contributed by atoms with Crippen LogP contribution in [0.1, 0.15) is 15.9 Å². The number of benzene rings is 3. The highest BCUT2D eigenvalue weighted by molar-refractivity contribution is 9.10. The van der Waals surface area contributed by atoms with Crippen LogP contribution in [-0.4, -0.2) is 5.91 Å². The zero-order chi connectivity index (χ0) is 17.6. The van der Waals surface area contributed by atoms with Gasteiger partial charge in [0, 0.05) is 27.1 Å². The highest BCUT2D eigenvalue weighted by Gasteiger charge is 2.06. The van der Waals surface area contributed by atoms with E-state index in [-0.39, 0.29) is 5.91 Å².